The summed E-state index contributed by atoms with van der Waals surface area (Å²) >= 11 is 0. The van der Waals surface area contributed by atoms with Gasteiger partial charge in [-0.3, -0.25) is 14.8 Å². The zero-order valence-electron chi connectivity index (χ0n) is 16.1. The fourth-order valence-corrected chi connectivity index (χ4v) is 3.25. The highest BCUT2D eigenvalue weighted by molar-refractivity contribution is 5.93. The largest absolute Gasteiger partial charge is 0.491 e. The maximum atomic E-state index is 13.0. The lowest BCUT2D eigenvalue weighted by Crippen LogP contribution is -2.37. The van der Waals surface area contributed by atoms with E-state index in [9.17, 15) is 9.59 Å². The number of fused-ring (bicyclic) bond motifs is 1. The molecular formula is C21H25N3O4. The van der Waals surface area contributed by atoms with Gasteiger partial charge in [0.05, 0.1) is 12.6 Å². The van der Waals surface area contributed by atoms with Crippen LogP contribution in [-0.2, 0) is 11.3 Å². The first-order valence-electron chi connectivity index (χ1n) is 9.19. The summed E-state index contributed by atoms with van der Waals surface area (Å²) in [5.41, 5.74) is 3.75. The summed E-state index contributed by atoms with van der Waals surface area (Å²) in [6.45, 7) is 1.34. The molecule has 0 fully saturated rings. The van der Waals surface area contributed by atoms with Gasteiger partial charge in [-0.1, -0.05) is 36.4 Å². The fraction of sp³-hybridized carbons (Fsp3) is 0.333. The Hall–Kier alpha value is -2.90. The molecule has 0 bridgehead atoms. The Kier molecular flexibility index (Phi) is 6.28. The van der Waals surface area contributed by atoms with E-state index in [0.29, 0.717) is 30.8 Å². The van der Waals surface area contributed by atoms with Crippen molar-refractivity contribution in [2.24, 2.45) is 0 Å². The summed E-state index contributed by atoms with van der Waals surface area (Å²) in [5.74, 6) is -0.00436. The third-order valence-corrected chi connectivity index (χ3v) is 4.82. The van der Waals surface area contributed by atoms with Crippen molar-refractivity contribution in [1.82, 2.24) is 15.3 Å². The molecule has 0 radical (unpaired) electrons. The second-order valence-corrected chi connectivity index (χ2v) is 7.08. The molecule has 0 spiro atoms. The molecule has 28 heavy (non-hydrogen) atoms. The lowest BCUT2D eigenvalue weighted by atomic mass is 10.0. The Morgan fingerprint density at radius 3 is 2.64 bits per heavy atom. The third kappa shape index (κ3) is 4.49. The van der Waals surface area contributed by atoms with Crippen molar-refractivity contribution in [2.45, 2.75) is 19.0 Å². The van der Waals surface area contributed by atoms with E-state index in [1.165, 1.54) is 0 Å². The number of hydrogen-bond acceptors (Lipinski definition) is 5. The van der Waals surface area contributed by atoms with Gasteiger partial charge in [0, 0.05) is 24.1 Å². The van der Waals surface area contributed by atoms with E-state index in [1.54, 1.807) is 23.7 Å². The Morgan fingerprint density at radius 1 is 1.21 bits per heavy atom. The molecule has 2 aromatic rings. The SMILES string of the molecule is CN(C)CCC(=O)N1Cc2ccc(C(=O)NO)cc2OCC1c1ccccc1. The normalized spacial score (nSPS) is 16.1. The molecule has 2 aromatic carbocycles. The molecule has 1 aliphatic heterocycles. The topological polar surface area (TPSA) is 82.1 Å². The van der Waals surface area contributed by atoms with E-state index >= 15 is 0 Å². The van der Waals surface area contributed by atoms with Gasteiger partial charge in [-0.2, -0.15) is 0 Å². The van der Waals surface area contributed by atoms with Crippen molar-refractivity contribution >= 4 is 11.8 Å². The number of hydrogen-bond donors (Lipinski definition) is 2. The molecule has 1 unspecified atom stereocenters. The molecule has 7 nitrogen and oxygen atoms in total. The van der Waals surface area contributed by atoms with Crippen LogP contribution in [0, 0.1) is 0 Å². The molecule has 7 heteroatoms. The maximum absolute atomic E-state index is 13.0. The van der Waals surface area contributed by atoms with Gasteiger partial charge < -0.3 is 14.5 Å². The maximum Gasteiger partial charge on any atom is 0.274 e. The van der Waals surface area contributed by atoms with Crippen LogP contribution in [0.1, 0.15) is 33.9 Å². The minimum absolute atomic E-state index is 0.0520. The number of rotatable bonds is 5. The van der Waals surface area contributed by atoms with E-state index in [4.69, 9.17) is 9.94 Å². The molecule has 0 aliphatic carbocycles. The van der Waals surface area contributed by atoms with Crippen LogP contribution in [0.4, 0.5) is 0 Å². The standard InChI is InChI=1S/C21H25N3O4/c1-23(2)11-10-20(25)24-13-17-9-8-16(21(26)22-27)12-19(17)28-14-18(24)15-6-4-3-5-7-15/h3-9,12,18,27H,10-11,13-14H2,1-2H3,(H,22,26). The Bertz CT molecular complexity index is 839. The third-order valence-electron chi connectivity index (χ3n) is 4.82. The molecule has 2 amide bonds. The summed E-state index contributed by atoms with van der Waals surface area (Å²) < 4.78 is 5.99. The number of ether oxygens (including phenoxy) is 1. The molecule has 1 aliphatic rings. The first kappa shape index (κ1) is 19.9. The first-order valence-corrected chi connectivity index (χ1v) is 9.19. The predicted octanol–water partition coefficient (Wildman–Crippen LogP) is 2.22. The van der Waals surface area contributed by atoms with E-state index in [2.05, 4.69) is 0 Å². The first-order chi connectivity index (χ1) is 13.5. The minimum Gasteiger partial charge on any atom is -0.491 e. The van der Waals surface area contributed by atoms with Crippen LogP contribution in [0.2, 0.25) is 0 Å². The lowest BCUT2D eigenvalue weighted by Gasteiger charge is -2.30. The van der Waals surface area contributed by atoms with Crippen LogP contribution < -0.4 is 10.2 Å². The smallest absolute Gasteiger partial charge is 0.274 e. The number of carbonyl (C=O) groups excluding carboxylic acids is 2. The number of carbonyl (C=O) groups is 2. The lowest BCUT2D eigenvalue weighted by molar-refractivity contribution is -0.135. The fourth-order valence-electron chi connectivity index (χ4n) is 3.25. The predicted molar refractivity (Wildman–Crippen MR) is 104 cm³/mol. The zero-order chi connectivity index (χ0) is 20.1. The van der Waals surface area contributed by atoms with Crippen molar-refractivity contribution in [3.8, 4) is 5.75 Å². The van der Waals surface area contributed by atoms with Crippen LogP contribution in [-0.4, -0.2) is 54.1 Å². The number of nitrogens with zero attached hydrogens (tertiary/aromatic N) is 2. The summed E-state index contributed by atoms with van der Waals surface area (Å²) in [4.78, 5) is 28.6. The quantitative estimate of drug-likeness (QED) is 0.611. The Labute approximate surface area is 164 Å². The molecule has 1 heterocycles. The zero-order valence-corrected chi connectivity index (χ0v) is 16.1. The van der Waals surface area contributed by atoms with Gasteiger partial charge in [0.2, 0.25) is 5.91 Å². The molecular weight excluding hydrogens is 358 g/mol. The second kappa shape index (κ2) is 8.86. The van der Waals surface area contributed by atoms with Crippen LogP contribution in [0.25, 0.3) is 0 Å². The van der Waals surface area contributed by atoms with Crippen molar-refractivity contribution in [3.05, 3.63) is 65.2 Å². The molecule has 1 atom stereocenters. The summed E-state index contributed by atoms with van der Waals surface area (Å²) in [7, 11) is 3.88. The number of hydroxylamine groups is 1. The van der Waals surface area contributed by atoms with Gasteiger partial charge >= 0.3 is 0 Å². The Balaban J connectivity index is 1.92. The van der Waals surface area contributed by atoms with Crippen LogP contribution in [0.5, 0.6) is 5.75 Å². The second-order valence-electron chi connectivity index (χ2n) is 7.08. The van der Waals surface area contributed by atoms with Gasteiger partial charge in [0.1, 0.15) is 12.4 Å². The summed E-state index contributed by atoms with van der Waals surface area (Å²) in [6.07, 6.45) is 0.413. The minimum atomic E-state index is -0.603. The van der Waals surface area contributed by atoms with Gasteiger partial charge in [-0.05, 0) is 31.8 Å². The number of amides is 2. The molecule has 0 saturated heterocycles. The van der Waals surface area contributed by atoms with Gasteiger partial charge in [0.25, 0.3) is 5.91 Å². The van der Waals surface area contributed by atoms with Crippen molar-refractivity contribution < 1.29 is 19.5 Å². The van der Waals surface area contributed by atoms with Crippen LogP contribution >= 0.6 is 0 Å². The van der Waals surface area contributed by atoms with E-state index in [1.807, 2.05) is 54.2 Å². The number of nitrogens with one attached hydrogen (secondary N) is 1. The van der Waals surface area contributed by atoms with E-state index in [-0.39, 0.29) is 18.6 Å². The Morgan fingerprint density at radius 2 is 1.96 bits per heavy atom. The van der Waals surface area contributed by atoms with Crippen LogP contribution in [0.3, 0.4) is 0 Å². The van der Waals surface area contributed by atoms with Crippen LogP contribution in [0.15, 0.2) is 48.5 Å². The van der Waals surface area contributed by atoms with Gasteiger partial charge in [-0.25, -0.2) is 5.48 Å². The van der Waals surface area contributed by atoms with Gasteiger partial charge in [-0.15, -0.1) is 0 Å². The van der Waals surface area contributed by atoms with Crippen molar-refractivity contribution in [1.29, 1.82) is 0 Å². The highest BCUT2D eigenvalue weighted by Crippen LogP contribution is 2.32. The highest BCUT2D eigenvalue weighted by Gasteiger charge is 2.30. The molecule has 3 rings (SSSR count). The van der Waals surface area contributed by atoms with Crippen molar-refractivity contribution in [3.63, 3.8) is 0 Å². The molecule has 0 aromatic heterocycles. The van der Waals surface area contributed by atoms with Crippen molar-refractivity contribution in [2.75, 3.05) is 27.2 Å². The molecule has 0 saturated carbocycles. The van der Waals surface area contributed by atoms with E-state index < -0.39 is 5.91 Å². The average molecular weight is 383 g/mol. The molecule has 148 valence electrons. The monoisotopic (exact) mass is 383 g/mol. The van der Waals surface area contributed by atoms with E-state index in [0.717, 1.165) is 11.1 Å². The summed E-state index contributed by atoms with van der Waals surface area (Å²) in [5, 5.41) is 8.86. The highest BCUT2D eigenvalue weighted by atomic mass is 16.5. The molecule has 2 N–H and O–H groups in total. The average Bonchev–Trinajstić information content (AvgIpc) is 2.91. The number of benzene rings is 2. The summed E-state index contributed by atoms with van der Waals surface area (Å²) in [6, 6.07) is 14.5. The van der Waals surface area contributed by atoms with Gasteiger partial charge in [0.15, 0.2) is 0 Å².